The van der Waals surface area contributed by atoms with Crippen LogP contribution in [-0.4, -0.2) is 39.0 Å². The summed E-state index contributed by atoms with van der Waals surface area (Å²) in [5, 5.41) is 0. The predicted molar refractivity (Wildman–Crippen MR) is 25.0 cm³/mol. The van der Waals surface area contributed by atoms with Crippen LogP contribution in [0, 0.1) is 0 Å². The van der Waals surface area contributed by atoms with E-state index in [0.717, 1.165) is 0 Å². The summed E-state index contributed by atoms with van der Waals surface area (Å²) in [5.74, 6) is 0. The second kappa shape index (κ2) is 4.82. The van der Waals surface area contributed by atoms with E-state index >= 15 is 0 Å². The van der Waals surface area contributed by atoms with E-state index in [9.17, 15) is 0 Å². The fourth-order valence-corrected chi connectivity index (χ4v) is 0. The van der Waals surface area contributed by atoms with Gasteiger partial charge in [0.2, 0.25) is 0 Å². The molecule has 0 aromatic carbocycles. The Morgan fingerprint density at radius 2 is 1.14 bits per heavy atom. The third-order valence-electron chi connectivity index (χ3n) is 0. The molecule has 7 heavy (non-hydrogen) atoms. The van der Waals surface area contributed by atoms with Crippen molar-refractivity contribution in [2.45, 2.75) is 0 Å². The van der Waals surface area contributed by atoms with Crippen molar-refractivity contribution in [3.63, 3.8) is 0 Å². The van der Waals surface area contributed by atoms with Crippen LogP contribution in [-0.2, 0) is 4.57 Å². The molecule has 0 amide bonds. The van der Waals surface area contributed by atoms with Crippen LogP contribution in [0.4, 0.5) is 0 Å². The Balaban J connectivity index is -0.0000000800. The van der Waals surface area contributed by atoms with Crippen LogP contribution in [0.1, 0.15) is 0 Å². The number of hydrogen-bond donors (Lipinski definition) is 3. The van der Waals surface area contributed by atoms with Gasteiger partial charge in [0, 0.05) is 0 Å². The van der Waals surface area contributed by atoms with Crippen LogP contribution >= 0.6 is 7.82 Å². The number of rotatable bonds is 0. The van der Waals surface area contributed by atoms with Gasteiger partial charge in [-0.1, -0.05) is 0 Å². The first-order valence-electron chi connectivity index (χ1n) is 0.783. The van der Waals surface area contributed by atoms with Crippen LogP contribution in [0.5, 0.6) is 0 Å². The van der Waals surface area contributed by atoms with Crippen molar-refractivity contribution in [2.24, 2.45) is 0 Å². The molecular weight excluding hydrogens is 118 g/mol. The topological polar surface area (TPSA) is 109 Å². The van der Waals surface area contributed by atoms with Crippen LogP contribution < -0.4 is 0 Å². The van der Waals surface area contributed by atoms with Gasteiger partial charge in [0.15, 0.2) is 0 Å². The molecule has 42 valence electrons. The van der Waals surface area contributed by atoms with E-state index in [1.54, 1.807) is 0 Å². The van der Waals surface area contributed by atoms with Gasteiger partial charge in [-0.05, 0) is 0 Å². The normalized spacial score (nSPS) is 8.43. The van der Waals surface area contributed by atoms with Gasteiger partial charge in [0.1, 0.15) is 0 Å². The Bertz CT molecular complexity index is 54.2. The third-order valence-corrected chi connectivity index (χ3v) is 0. The molecule has 0 spiro atoms. The minimum absolute atomic E-state index is 0. The molecule has 5 nitrogen and oxygen atoms in total. The van der Waals surface area contributed by atoms with Crippen LogP contribution in [0.3, 0.4) is 0 Å². The molecule has 5 N–H and O–H groups in total. The van der Waals surface area contributed by atoms with Crippen molar-refractivity contribution >= 4 is 26.7 Å². The Labute approximate surface area is 52.1 Å². The summed E-state index contributed by atoms with van der Waals surface area (Å²) in [4.78, 5) is 21.6. The average molecular weight is 124 g/mol. The first-order valence-corrected chi connectivity index (χ1v) is 2.35. The van der Waals surface area contributed by atoms with Crippen LogP contribution in [0.25, 0.3) is 0 Å². The van der Waals surface area contributed by atoms with Gasteiger partial charge in [-0.15, -0.1) is 0 Å². The SMILES string of the molecule is O.O=P(O)(O)O.[LiH]. The zero-order valence-electron chi connectivity index (χ0n) is 2.70. The van der Waals surface area contributed by atoms with E-state index in [1.165, 1.54) is 0 Å². The van der Waals surface area contributed by atoms with Gasteiger partial charge in [0.05, 0.1) is 0 Å². The molecule has 0 unspecified atom stereocenters. The maximum atomic E-state index is 8.88. The second-order valence-corrected chi connectivity index (χ2v) is 1.54. The third kappa shape index (κ3) is 326. The standard InChI is InChI=1S/Li.H3O4P.H2O.H/c;1-5(2,3)4;;/h;(H3,1,2,3,4);1H2;. The summed E-state index contributed by atoms with van der Waals surface area (Å²) >= 11 is 0. The van der Waals surface area contributed by atoms with Gasteiger partial charge < -0.3 is 20.2 Å². The Morgan fingerprint density at radius 1 is 1.14 bits per heavy atom. The molecule has 0 saturated heterocycles. The molecule has 0 aliphatic carbocycles. The van der Waals surface area contributed by atoms with Gasteiger partial charge in [-0.25, -0.2) is 4.57 Å². The molecule has 0 saturated carbocycles. The number of hydrogen-bond acceptors (Lipinski definition) is 1. The second-order valence-electron chi connectivity index (χ2n) is 0.513. The van der Waals surface area contributed by atoms with E-state index in [2.05, 4.69) is 0 Å². The van der Waals surface area contributed by atoms with Crippen LogP contribution in [0.15, 0.2) is 0 Å². The molecule has 0 rings (SSSR count). The maximum absolute atomic E-state index is 8.88. The van der Waals surface area contributed by atoms with E-state index in [1.807, 2.05) is 0 Å². The molecule has 0 radical (unpaired) electrons. The summed E-state index contributed by atoms with van der Waals surface area (Å²) in [6, 6.07) is 0. The van der Waals surface area contributed by atoms with Crippen molar-refractivity contribution in [3.05, 3.63) is 0 Å². The molecular formula is H6LiO5P. The summed E-state index contributed by atoms with van der Waals surface area (Å²) in [5.41, 5.74) is 0. The van der Waals surface area contributed by atoms with E-state index in [0.29, 0.717) is 0 Å². The monoisotopic (exact) mass is 124 g/mol. The van der Waals surface area contributed by atoms with Gasteiger partial charge in [-0.3, -0.25) is 0 Å². The Kier molecular flexibility index (Phi) is 10.8. The molecule has 0 bridgehead atoms. The van der Waals surface area contributed by atoms with E-state index in [-0.39, 0.29) is 24.3 Å². The van der Waals surface area contributed by atoms with Crippen molar-refractivity contribution < 1.29 is 24.7 Å². The molecule has 0 heterocycles. The first kappa shape index (κ1) is 15.6. The Hall–Kier alpha value is 0.667. The van der Waals surface area contributed by atoms with Gasteiger partial charge >= 0.3 is 26.7 Å². The van der Waals surface area contributed by atoms with Gasteiger partial charge in [-0.2, -0.15) is 0 Å². The van der Waals surface area contributed by atoms with Crippen LogP contribution in [0.2, 0.25) is 0 Å². The molecule has 0 aromatic rings. The Morgan fingerprint density at radius 3 is 1.14 bits per heavy atom. The quantitative estimate of drug-likeness (QED) is 0.247. The summed E-state index contributed by atoms with van der Waals surface area (Å²) in [6.07, 6.45) is 0. The van der Waals surface area contributed by atoms with E-state index < -0.39 is 7.82 Å². The molecule has 0 aliphatic rings. The number of phosphoric acid groups is 1. The van der Waals surface area contributed by atoms with E-state index in [4.69, 9.17) is 19.2 Å². The molecule has 0 aromatic heterocycles. The fourth-order valence-electron chi connectivity index (χ4n) is 0. The molecule has 0 aliphatic heterocycles. The molecule has 0 fully saturated rings. The minimum atomic E-state index is -4.64. The summed E-state index contributed by atoms with van der Waals surface area (Å²) in [7, 11) is -4.64. The molecule has 0 atom stereocenters. The van der Waals surface area contributed by atoms with Crippen molar-refractivity contribution in [1.82, 2.24) is 0 Å². The predicted octanol–water partition coefficient (Wildman–Crippen LogP) is -2.40. The summed E-state index contributed by atoms with van der Waals surface area (Å²) in [6.45, 7) is 0. The molecule has 7 heteroatoms. The van der Waals surface area contributed by atoms with Crippen molar-refractivity contribution in [3.8, 4) is 0 Å². The van der Waals surface area contributed by atoms with Gasteiger partial charge in [0.25, 0.3) is 0 Å². The summed E-state index contributed by atoms with van der Waals surface area (Å²) < 4.78 is 8.88. The zero-order valence-corrected chi connectivity index (χ0v) is 3.59. The zero-order chi connectivity index (χ0) is 4.50. The first-order chi connectivity index (χ1) is 2.00. The van der Waals surface area contributed by atoms with Crippen molar-refractivity contribution in [2.75, 3.05) is 0 Å². The fraction of sp³-hybridized carbons (Fsp3) is 0. The average Bonchev–Trinajstić information content (AvgIpc) is 0.722. The van der Waals surface area contributed by atoms with Crippen molar-refractivity contribution in [1.29, 1.82) is 0 Å².